The van der Waals surface area contributed by atoms with Crippen LogP contribution in [0, 0.1) is 18.8 Å². The molecular weight excluding hydrogens is 290 g/mol. The Balaban J connectivity index is 1.60. The minimum Gasteiger partial charge on any atom is -0.356 e. The molecule has 0 unspecified atom stereocenters. The van der Waals surface area contributed by atoms with E-state index >= 15 is 0 Å². The zero-order chi connectivity index (χ0) is 16.4. The summed E-state index contributed by atoms with van der Waals surface area (Å²) in [4.78, 5) is 19.1. The van der Waals surface area contributed by atoms with Crippen LogP contribution >= 0.6 is 0 Å². The third-order valence-corrected chi connectivity index (χ3v) is 4.49. The van der Waals surface area contributed by atoms with Crippen molar-refractivity contribution in [1.82, 2.24) is 20.1 Å². The van der Waals surface area contributed by atoms with E-state index in [0.29, 0.717) is 12.5 Å². The lowest BCUT2D eigenvalue weighted by Crippen LogP contribution is -2.34. The number of anilines is 1. The number of nitrogens with zero attached hydrogens (tertiary/aromatic N) is 4. The van der Waals surface area contributed by atoms with Crippen LogP contribution in [0.4, 0.5) is 5.82 Å². The van der Waals surface area contributed by atoms with Gasteiger partial charge in [0.2, 0.25) is 5.91 Å². The predicted octanol–water partition coefficient (Wildman–Crippen LogP) is 1.51. The van der Waals surface area contributed by atoms with Gasteiger partial charge in [-0.1, -0.05) is 13.0 Å². The van der Waals surface area contributed by atoms with Gasteiger partial charge in [0, 0.05) is 44.6 Å². The number of carbonyl (C=O) groups excluding carboxylic acids is 1. The van der Waals surface area contributed by atoms with E-state index in [1.807, 2.05) is 38.4 Å². The fraction of sp³-hybridized carbons (Fsp3) is 0.471. The monoisotopic (exact) mass is 313 g/mol. The number of carbonyl (C=O) groups is 1. The summed E-state index contributed by atoms with van der Waals surface area (Å²) in [5.74, 6) is 1.36. The number of pyridine rings is 1. The maximum atomic E-state index is 12.5. The Bertz CT molecular complexity index is 682. The van der Waals surface area contributed by atoms with Crippen molar-refractivity contribution >= 4 is 11.7 Å². The first-order valence-corrected chi connectivity index (χ1v) is 7.97. The van der Waals surface area contributed by atoms with Crippen LogP contribution in [0.2, 0.25) is 0 Å². The minimum absolute atomic E-state index is 0.00557. The van der Waals surface area contributed by atoms with Gasteiger partial charge in [0.25, 0.3) is 0 Å². The molecule has 0 saturated carbocycles. The van der Waals surface area contributed by atoms with Gasteiger partial charge in [-0.05, 0) is 25.0 Å². The Morgan fingerprint density at radius 3 is 2.87 bits per heavy atom. The Hall–Kier alpha value is -2.37. The van der Waals surface area contributed by atoms with Gasteiger partial charge in [0.05, 0.1) is 11.6 Å². The van der Waals surface area contributed by atoms with Gasteiger partial charge in [-0.25, -0.2) is 4.98 Å². The molecule has 0 aromatic carbocycles. The standard InChI is InChI=1S/C17H23N5O/c1-12-9-22(16-6-4-5-7-18-16)11-15(12)17(23)19-8-14-10-21(3)20-13(14)2/h4-7,10,12,15H,8-9,11H2,1-3H3,(H,19,23)/t12-,15-/m1/s1. The average molecular weight is 313 g/mol. The lowest BCUT2D eigenvalue weighted by molar-refractivity contribution is -0.125. The second-order valence-electron chi connectivity index (χ2n) is 6.31. The topological polar surface area (TPSA) is 63.1 Å². The molecule has 6 nitrogen and oxygen atoms in total. The normalized spacial score (nSPS) is 20.7. The number of aromatic nitrogens is 3. The van der Waals surface area contributed by atoms with Crippen LogP contribution in [0.5, 0.6) is 0 Å². The molecule has 6 heteroatoms. The van der Waals surface area contributed by atoms with E-state index < -0.39 is 0 Å². The molecule has 1 aliphatic rings. The highest BCUT2D eigenvalue weighted by atomic mass is 16.1. The van der Waals surface area contributed by atoms with E-state index in [9.17, 15) is 4.79 Å². The maximum absolute atomic E-state index is 12.5. The predicted molar refractivity (Wildman–Crippen MR) is 88.9 cm³/mol. The van der Waals surface area contributed by atoms with Crippen LogP contribution in [-0.2, 0) is 18.4 Å². The third-order valence-electron chi connectivity index (χ3n) is 4.49. The highest BCUT2D eigenvalue weighted by molar-refractivity contribution is 5.80. The zero-order valence-corrected chi connectivity index (χ0v) is 13.9. The van der Waals surface area contributed by atoms with Crippen LogP contribution in [0.1, 0.15) is 18.2 Å². The lowest BCUT2D eigenvalue weighted by Gasteiger charge is -2.17. The van der Waals surface area contributed by atoms with Crippen molar-refractivity contribution in [1.29, 1.82) is 0 Å². The van der Waals surface area contributed by atoms with E-state index in [4.69, 9.17) is 0 Å². The summed E-state index contributed by atoms with van der Waals surface area (Å²) in [6.45, 7) is 6.20. The Labute approximate surface area is 136 Å². The molecule has 1 saturated heterocycles. The van der Waals surface area contributed by atoms with Gasteiger partial charge in [0.1, 0.15) is 5.82 Å². The molecule has 2 aromatic rings. The van der Waals surface area contributed by atoms with Crippen LogP contribution in [0.15, 0.2) is 30.6 Å². The molecule has 0 radical (unpaired) electrons. The van der Waals surface area contributed by atoms with Gasteiger partial charge >= 0.3 is 0 Å². The molecule has 1 N–H and O–H groups in total. The summed E-state index contributed by atoms with van der Waals surface area (Å²) in [6, 6.07) is 5.88. The summed E-state index contributed by atoms with van der Waals surface area (Å²) < 4.78 is 1.78. The Kier molecular flexibility index (Phi) is 4.32. The van der Waals surface area contributed by atoms with Crippen LogP contribution in [0.3, 0.4) is 0 Å². The second-order valence-corrected chi connectivity index (χ2v) is 6.31. The lowest BCUT2D eigenvalue weighted by atomic mass is 9.97. The average Bonchev–Trinajstić information content (AvgIpc) is 3.08. The van der Waals surface area contributed by atoms with Crippen LogP contribution < -0.4 is 10.2 Å². The molecule has 3 heterocycles. The minimum atomic E-state index is -0.00557. The molecule has 23 heavy (non-hydrogen) atoms. The van der Waals surface area contributed by atoms with Gasteiger partial charge in [-0.3, -0.25) is 9.48 Å². The third kappa shape index (κ3) is 3.36. The van der Waals surface area contributed by atoms with E-state index in [2.05, 4.69) is 27.2 Å². The number of hydrogen-bond donors (Lipinski definition) is 1. The van der Waals surface area contributed by atoms with E-state index in [1.165, 1.54) is 0 Å². The fourth-order valence-corrected chi connectivity index (χ4v) is 3.17. The fourth-order valence-electron chi connectivity index (χ4n) is 3.17. The quantitative estimate of drug-likeness (QED) is 0.929. The van der Waals surface area contributed by atoms with Crippen molar-refractivity contribution in [3.63, 3.8) is 0 Å². The smallest absolute Gasteiger partial charge is 0.225 e. The first-order chi connectivity index (χ1) is 11.0. The SMILES string of the molecule is Cc1nn(C)cc1CNC(=O)[C@@H]1CN(c2ccccn2)C[C@H]1C. The molecule has 0 spiro atoms. The molecule has 1 fully saturated rings. The summed E-state index contributed by atoms with van der Waals surface area (Å²) in [5, 5.41) is 7.36. The number of nitrogens with one attached hydrogen (secondary N) is 1. The van der Waals surface area contributed by atoms with Crippen molar-refractivity contribution in [2.75, 3.05) is 18.0 Å². The summed E-state index contributed by atoms with van der Waals surface area (Å²) >= 11 is 0. The Morgan fingerprint density at radius 2 is 2.22 bits per heavy atom. The number of hydrogen-bond acceptors (Lipinski definition) is 4. The molecule has 1 aliphatic heterocycles. The zero-order valence-electron chi connectivity index (χ0n) is 13.9. The molecular formula is C17H23N5O. The van der Waals surface area contributed by atoms with E-state index in [0.717, 1.165) is 30.2 Å². The maximum Gasteiger partial charge on any atom is 0.225 e. The number of aryl methyl sites for hydroxylation is 2. The summed E-state index contributed by atoms with van der Waals surface area (Å²) in [5.41, 5.74) is 2.02. The van der Waals surface area contributed by atoms with Crippen molar-refractivity contribution in [2.24, 2.45) is 18.9 Å². The Morgan fingerprint density at radius 1 is 1.39 bits per heavy atom. The van der Waals surface area contributed by atoms with Crippen LogP contribution in [0.25, 0.3) is 0 Å². The van der Waals surface area contributed by atoms with Crippen LogP contribution in [-0.4, -0.2) is 33.8 Å². The molecule has 0 aliphatic carbocycles. The highest BCUT2D eigenvalue weighted by Crippen LogP contribution is 2.26. The molecule has 2 atom stereocenters. The molecule has 122 valence electrons. The van der Waals surface area contributed by atoms with Crippen molar-refractivity contribution < 1.29 is 4.79 Å². The van der Waals surface area contributed by atoms with Crippen molar-refractivity contribution in [3.8, 4) is 0 Å². The molecule has 2 aromatic heterocycles. The number of rotatable bonds is 4. The van der Waals surface area contributed by atoms with Gasteiger partial charge in [0.15, 0.2) is 0 Å². The molecule has 0 bridgehead atoms. The first kappa shape index (κ1) is 15.5. The van der Waals surface area contributed by atoms with Gasteiger partial charge in [-0.15, -0.1) is 0 Å². The summed E-state index contributed by atoms with van der Waals surface area (Å²) in [7, 11) is 1.89. The highest BCUT2D eigenvalue weighted by Gasteiger charge is 2.35. The van der Waals surface area contributed by atoms with Gasteiger partial charge in [-0.2, -0.15) is 5.10 Å². The van der Waals surface area contributed by atoms with Crippen molar-refractivity contribution in [3.05, 3.63) is 41.9 Å². The van der Waals surface area contributed by atoms with E-state index in [1.54, 1.807) is 10.9 Å². The van der Waals surface area contributed by atoms with Crippen molar-refractivity contribution in [2.45, 2.75) is 20.4 Å². The molecule has 1 amide bonds. The van der Waals surface area contributed by atoms with E-state index in [-0.39, 0.29) is 11.8 Å². The molecule has 3 rings (SSSR count). The first-order valence-electron chi connectivity index (χ1n) is 7.97. The van der Waals surface area contributed by atoms with Gasteiger partial charge < -0.3 is 10.2 Å². The second kappa shape index (κ2) is 6.40. The number of amides is 1. The summed E-state index contributed by atoms with van der Waals surface area (Å²) in [6.07, 6.45) is 3.74. The largest absolute Gasteiger partial charge is 0.356 e.